The zero-order valence-corrected chi connectivity index (χ0v) is 17.5. The molecule has 2 aromatic rings. The molecule has 1 aromatic heterocycles. The molecule has 0 amide bonds. The van der Waals surface area contributed by atoms with Gasteiger partial charge in [-0.25, -0.2) is 4.98 Å². The van der Waals surface area contributed by atoms with E-state index in [9.17, 15) is 4.79 Å². The largest absolute Gasteiger partial charge is 0.469 e. The number of halogens is 1. The fourth-order valence-electron chi connectivity index (χ4n) is 3.31. The summed E-state index contributed by atoms with van der Waals surface area (Å²) in [7, 11) is 1.47. The second-order valence-electron chi connectivity index (χ2n) is 7.01. The van der Waals surface area contributed by atoms with Crippen molar-refractivity contribution in [3.05, 3.63) is 52.6 Å². The third-order valence-electron chi connectivity index (χ3n) is 4.96. The predicted molar refractivity (Wildman–Crippen MR) is 110 cm³/mol. The Morgan fingerprint density at radius 1 is 1.22 bits per heavy atom. The van der Waals surface area contributed by atoms with Crippen LogP contribution in [-0.2, 0) is 28.9 Å². The molecule has 0 bridgehead atoms. The molecule has 1 atom stereocenters. The first kappa shape index (κ1) is 21.5. The predicted octanol–water partition coefficient (Wildman–Crippen LogP) is 5.45. The minimum absolute atomic E-state index is 0.129. The number of imidazole rings is 1. The highest BCUT2D eigenvalue weighted by molar-refractivity contribution is 6.31. The summed E-state index contributed by atoms with van der Waals surface area (Å²) < 4.78 is 7.28. The van der Waals surface area contributed by atoms with Gasteiger partial charge in [0.15, 0.2) is 0 Å². The van der Waals surface area contributed by atoms with Crippen LogP contribution >= 0.6 is 11.6 Å². The van der Waals surface area contributed by atoms with E-state index >= 15 is 0 Å². The third kappa shape index (κ3) is 6.10. The molecule has 0 saturated carbocycles. The Bertz CT molecular complexity index is 727. The fourth-order valence-corrected chi connectivity index (χ4v) is 3.51. The fraction of sp³-hybridized carbons (Fsp3) is 0.545. The number of carbonyl (C=O) groups excluding carboxylic acids is 1. The molecule has 27 heavy (non-hydrogen) atoms. The molecule has 0 aliphatic heterocycles. The van der Waals surface area contributed by atoms with Gasteiger partial charge < -0.3 is 9.30 Å². The van der Waals surface area contributed by atoms with Crippen molar-refractivity contribution in [3.63, 3.8) is 0 Å². The van der Waals surface area contributed by atoms with E-state index in [1.165, 1.54) is 7.11 Å². The number of aromatic nitrogens is 2. The van der Waals surface area contributed by atoms with Crippen LogP contribution in [-0.4, -0.2) is 22.6 Å². The first-order valence-corrected chi connectivity index (χ1v) is 10.3. The number of carbonyl (C=O) groups is 1. The van der Waals surface area contributed by atoms with E-state index in [-0.39, 0.29) is 11.9 Å². The molecule has 0 spiro atoms. The van der Waals surface area contributed by atoms with Crippen molar-refractivity contribution in [1.82, 2.24) is 9.55 Å². The van der Waals surface area contributed by atoms with Crippen molar-refractivity contribution in [2.45, 2.75) is 65.3 Å². The molecule has 1 heterocycles. The van der Waals surface area contributed by atoms with E-state index < -0.39 is 0 Å². The smallest absolute Gasteiger partial charge is 0.309 e. The number of hydrogen-bond acceptors (Lipinski definition) is 3. The highest BCUT2D eigenvalue weighted by Gasteiger charge is 2.22. The van der Waals surface area contributed by atoms with E-state index in [2.05, 4.69) is 23.4 Å². The Balaban J connectivity index is 2.30. The zero-order valence-electron chi connectivity index (χ0n) is 16.7. The molecule has 1 aromatic carbocycles. The summed E-state index contributed by atoms with van der Waals surface area (Å²) in [5.41, 5.74) is 2.15. The van der Waals surface area contributed by atoms with E-state index in [4.69, 9.17) is 16.3 Å². The van der Waals surface area contributed by atoms with Gasteiger partial charge in [0, 0.05) is 29.8 Å². The Hall–Kier alpha value is -1.81. The van der Waals surface area contributed by atoms with Crippen molar-refractivity contribution in [1.29, 1.82) is 0 Å². The van der Waals surface area contributed by atoms with E-state index in [1.807, 2.05) is 30.5 Å². The lowest BCUT2D eigenvalue weighted by atomic mass is 9.97. The molecular weight excluding hydrogens is 360 g/mol. The number of rotatable bonds is 11. The number of nitrogens with zero attached hydrogens (tertiary/aromatic N) is 2. The number of methoxy groups -OCH3 is 1. The Labute approximate surface area is 167 Å². The van der Waals surface area contributed by atoms with Crippen LogP contribution < -0.4 is 0 Å². The van der Waals surface area contributed by atoms with Crippen molar-refractivity contribution >= 4 is 17.6 Å². The summed E-state index contributed by atoms with van der Waals surface area (Å²) in [6.07, 6.45) is 8.63. The number of ether oxygens (including phenoxy) is 1. The lowest BCUT2D eigenvalue weighted by Gasteiger charge is -2.17. The maximum absolute atomic E-state index is 12.3. The molecule has 0 saturated heterocycles. The molecule has 2 rings (SSSR count). The Kier molecular flexibility index (Phi) is 8.86. The third-order valence-corrected chi connectivity index (χ3v) is 5.33. The van der Waals surface area contributed by atoms with Gasteiger partial charge in [-0.05, 0) is 24.5 Å². The second kappa shape index (κ2) is 11.1. The SMILES string of the molecule is CCCCc1ncc(CC(CCCC)C(=O)OC)n1Cc1ccccc1Cl. The summed E-state index contributed by atoms with van der Waals surface area (Å²) in [6, 6.07) is 7.90. The van der Waals surface area contributed by atoms with Crippen LogP contribution in [0.3, 0.4) is 0 Å². The highest BCUT2D eigenvalue weighted by Crippen LogP contribution is 2.22. The molecule has 1 unspecified atom stereocenters. The van der Waals surface area contributed by atoms with Gasteiger partial charge in [-0.2, -0.15) is 0 Å². The van der Waals surface area contributed by atoms with Crippen molar-refractivity contribution < 1.29 is 9.53 Å². The molecule has 0 N–H and O–H groups in total. The molecule has 4 nitrogen and oxygen atoms in total. The molecule has 0 radical (unpaired) electrons. The van der Waals surface area contributed by atoms with Crippen molar-refractivity contribution in [2.75, 3.05) is 7.11 Å². The summed E-state index contributed by atoms with van der Waals surface area (Å²) in [4.78, 5) is 16.9. The van der Waals surface area contributed by atoms with Gasteiger partial charge in [-0.15, -0.1) is 0 Å². The van der Waals surface area contributed by atoms with Crippen LogP contribution in [0, 0.1) is 5.92 Å². The van der Waals surface area contributed by atoms with E-state index in [0.29, 0.717) is 13.0 Å². The average Bonchev–Trinajstić information content (AvgIpc) is 3.05. The standard InChI is InChI=1S/C22H31ClN2O2/c1-4-6-10-17(22(26)27-3)14-19-15-24-21(13-7-5-2)25(19)16-18-11-8-9-12-20(18)23/h8-9,11-12,15,17H,4-7,10,13-14,16H2,1-3H3. The number of esters is 1. The van der Waals surface area contributed by atoms with Crippen LogP contribution in [0.5, 0.6) is 0 Å². The molecule has 5 heteroatoms. The quantitative estimate of drug-likeness (QED) is 0.479. The minimum atomic E-state index is -0.135. The van der Waals surface area contributed by atoms with Gasteiger partial charge in [0.1, 0.15) is 5.82 Å². The summed E-state index contributed by atoms with van der Waals surface area (Å²) >= 11 is 6.39. The monoisotopic (exact) mass is 390 g/mol. The molecule has 0 aliphatic rings. The minimum Gasteiger partial charge on any atom is -0.469 e. The zero-order chi connectivity index (χ0) is 19.6. The Morgan fingerprint density at radius 2 is 1.96 bits per heavy atom. The van der Waals surface area contributed by atoms with Crippen molar-refractivity contribution in [3.8, 4) is 0 Å². The van der Waals surface area contributed by atoms with Crippen LogP contribution in [0.2, 0.25) is 5.02 Å². The van der Waals surface area contributed by atoms with Crippen LogP contribution in [0.4, 0.5) is 0 Å². The number of benzene rings is 1. The van der Waals surface area contributed by atoms with Gasteiger partial charge in [-0.3, -0.25) is 4.79 Å². The summed E-state index contributed by atoms with van der Waals surface area (Å²) in [6.45, 7) is 4.99. The normalized spacial score (nSPS) is 12.1. The van der Waals surface area contributed by atoms with Gasteiger partial charge in [0.25, 0.3) is 0 Å². The second-order valence-corrected chi connectivity index (χ2v) is 7.42. The number of hydrogen-bond donors (Lipinski definition) is 0. The molecule has 0 fully saturated rings. The first-order chi connectivity index (χ1) is 13.1. The summed E-state index contributed by atoms with van der Waals surface area (Å²) in [5, 5.41) is 0.758. The number of aryl methyl sites for hydroxylation is 1. The van der Waals surface area contributed by atoms with Gasteiger partial charge >= 0.3 is 5.97 Å². The Morgan fingerprint density at radius 3 is 2.63 bits per heavy atom. The van der Waals surface area contributed by atoms with Crippen LogP contribution in [0.1, 0.15) is 63.0 Å². The van der Waals surface area contributed by atoms with Crippen LogP contribution in [0.15, 0.2) is 30.5 Å². The van der Waals surface area contributed by atoms with Gasteiger partial charge in [0.2, 0.25) is 0 Å². The highest BCUT2D eigenvalue weighted by atomic mass is 35.5. The maximum Gasteiger partial charge on any atom is 0.309 e. The average molecular weight is 391 g/mol. The topological polar surface area (TPSA) is 44.1 Å². The maximum atomic E-state index is 12.3. The van der Waals surface area contributed by atoms with Gasteiger partial charge in [0.05, 0.1) is 19.6 Å². The number of unbranched alkanes of at least 4 members (excludes halogenated alkanes) is 2. The molecular formula is C22H31ClN2O2. The lowest BCUT2D eigenvalue weighted by molar-refractivity contribution is -0.145. The summed E-state index contributed by atoms with van der Waals surface area (Å²) in [5.74, 6) is 0.797. The molecule has 0 aliphatic carbocycles. The van der Waals surface area contributed by atoms with Crippen molar-refractivity contribution in [2.24, 2.45) is 5.92 Å². The lowest BCUT2D eigenvalue weighted by Crippen LogP contribution is -2.21. The van der Waals surface area contributed by atoms with Gasteiger partial charge in [-0.1, -0.05) is 62.9 Å². The molecule has 148 valence electrons. The van der Waals surface area contributed by atoms with E-state index in [1.54, 1.807) is 0 Å². The van der Waals surface area contributed by atoms with E-state index in [0.717, 1.165) is 60.6 Å². The first-order valence-electron chi connectivity index (χ1n) is 9.95. The van der Waals surface area contributed by atoms with Crippen LogP contribution in [0.25, 0.3) is 0 Å².